The molecule has 0 rings (SSSR count). The minimum Gasteiger partial charge on any atom is -0.339 e. The molecular formula is C9H25OY-. The van der Waals surface area contributed by atoms with Gasteiger partial charge in [-0.25, -0.2) is 0 Å². The van der Waals surface area contributed by atoms with Gasteiger partial charge in [-0.3, -0.25) is 0 Å². The fourth-order valence-electron chi connectivity index (χ4n) is 0.279. The quantitative estimate of drug-likeness (QED) is 0.670. The summed E-state index contributed by atoms with van der Waals surface area (Å²) in [6.07, 6.45) is 1.54. The Bertz CT molecular complexity index is 53.5. The molecule has 71 valence electrons. The van der Waals surface area contributed by atoms with Crippen LogP contribution in [0.4, 0.5) is 0 Å². The van der Waals surface area contributed by atoms with Crippen LogP contribution in [0.1, 0.15) is 49.5 Å². The zero-order valence-corrected chi connectivity index (χ0v) is 7.45. The minimum absolute atomic E-state index is 0. The second-order valence-corrected chi connectivity index (χ2v) is 1.29. The maximum absolute atomic E-state index is 9.93. The van der Waals surface area contributed by atoms with Crippen molar-refractivity contribution in [1.29, 1.82) is 0 Å². The molecule has 0 aromatic carbocycles. The normalized spacial score (nSPS) is 4.45. The number of Topliss-reactive ketones (excluding diaryl/α,β-unsaturated/α-hetero) is 1. The van der Waals surface area contributed by atoms with Crippen LogP contribution in [0.5, 0.6) is 0 Å². The van der Waals surface area contributed by atoms with Gasteiger partial charge in [0.05, 0.1) is 0 Å². The second kappa shape index (κ2) is 31.1. The summed E-state index contributed by atoms with van der Waals surface area (Å²) in [7, 11) is 0. The average Bonchev–Trinajstić information content (AvgIpc) is 1.35. The van der Waals surface area contributed by atoms with Crippen molar-refractivity contribution < 1.29 is 37.5 Å². The van der Waals surface area contributed by atoms with Gasteiger partial charge in [0.1, 0.15) is 0 Å². The molecule has 0 aromatic rings. The monoisotopic (exact) mass is 238 g/mol. The van der Waals surface area contributed by atoms with E-state index >= 15 is 0 Å². The maximum atomic E-state index is 9.93. The van der Waals surface area contributed by atoms with Crippen LogP contribution in [0.2, 0.25) is 0 Å². The fraction of sp³-hybridized carbons (Fsp3) is 0.778. The van der Waals surface area contributed by atoms with Gasteiger partial charge in [-0.2, -0.15) is 0 Å². The first kappa shape index (κ1) is 41.4. The summed E-state index contributed by atoms with van der Waals surface area (Å²) in [5, 5.41) is 0. The van der Waals surface area contributed by atoms with Crippen molar-refractivity contribution in [2.45, 2.75) is 49.5 Å². The topological polar surface area (TPSA) is 17.1 Å². The summed E-state index contributed by atoms with van der Waals surface area (Å²) in [5.74, 6) is 0.0394. The van der Waals surface area contributed by atoms with Gasteiger partial charge in [0.2, 0.25) is 0 Å². The molecule has 11 heavy (non-hydrogen) atoms. The molecule has 0 N–H and O–H groups in total. The SMILES string of the molecule is C.C.C.C.[CH2-]C(=O)CCC.[Y]. The van der Waals surface area contributed by atoms with Crippen LogP contribution >= 0.6 is 0 Å². The van der Waals surface area contributed by atoms with Gasteiger partial charge < -0.3 is 11.7 Å². The molecule has 0 atom stereocenters. The van der Waals surface area contributed by atoms with Crippen LogP contribution in [0, 0.1) is 6.92 Å². The zero-order chi connectivity index (χ0) is 4.99. The van der Waals surface area contributed by atoms with E-state index < -0.39 is 0 Å². The van der Waals surface area contributed by atoms with Gasteiger partial charge in [0, 0.05) is 32.7 Å². The summed E-state index contributed by atoms with van der Waals surface area (Å²) in [4.78, 5) is 9.93. The summed E-state index contributed by atoms with van der Waals surface area (Å²) in [5.41, 5.74) is 0. The number of hydrogen-bond donors (Lipinski definition) is 0. The van der Waals surface area contributed by atoms with E-state index in [2.05, 4.69) is 6.92 Å². The van der Waals surface area contributed by atoms with Crippen LogP contribution in [0.3, 0.4) is 0 Å². The number of hydrogen-bond acceptors (Lipinski definition) is 1. The summed E-state index contributed by atoms with van der Waals surface area (Å²) in [6.45, 7) is 5.15. The van der Waals surface area contributed by atoms with E-state index in [-0.39, 0.29) is 68.2 Å². The van der Waals surface area contributed by atoms with E-state index in [0.717, 1.165) is 6.42 Å². The van der Waals surface area contributed by atoms with Gasteiger partial charge in [-0.05, 0) is 12.2 Å². The number of carbonyl (C=O) groups excluding carboxylic acids is 1. The van der Waals surface area contributed by atoms with E-state index in [0.29, 0.717) is 6.42 Å². The van der Waals surface area contributed by atoms with E-state index in [1.54, 1.807) is 0 Å². The molecule has 0 bridgehead atoms. The molecule has 0 aromatic heterocycles. The number of ketones is 1. The second-order valence-electron chi connectivity index (χ2n) is 1.29. The van der Waals surface area contributed by atoms with E-state index in [4.69, 9.17) is 0 Å². The van der Waals surface area contributed by atoms with Crippen LogP contribution in [0.25, 0.3) is 0 Å². The third-order valence-corrected chi connectivity index (χ3v) is 0.529. The van der Waals surface area contributed by atoms with Crippen LogP contribution in [0.15, 0.2) is 0 Å². The fourth-order valence-corrected chi connectivity index (χ4v) is 0.279. The van der Waals surface area contributed by atoms with E-state index in [1.165, 1.54) is 0 Å². The molecular weight excluding hydrogens is 213 g/mol. The van der Waals surface area contributed by atoms with Crippen molar-refractivity contribution in [1.82, 2.24) is 0 Å². The Morgan fingerprint density at radius 2 is 1.45 bits per heavy atom. The van der Waals surface area contributed by atoms with Crippen molar-refractivity contribution in [3.05, 3.63) is 6.92 Å². The number of carbonyl (C=O) groups is 1. The van der Waals surface area contributed by atoms with E-state index in [1.807, 2.05) is 6.92 Å². The standard InChI is InChI=1S/C5H9O.4CH4.Y/c1-3-4-5(2)6;;;;;/h2-4H2,1H3;4*1H4;/q-1;;;;;. The molecule has 0 saturated heterocycles. The average molecular weight is 238 g/mol. The van der Waals surface area contributed by atoms with Gasteiger partial charge >= 0.3 is 0 Å². The summed E-state index contributed by atoms with van der Waals surface area (Å²) < 4.78 is 0. The number of rotatable bonds is 2. The molecule has 0 unspecified atom stereocenters. The molecule has 0 aliphatic carbocycles. The largest absolute Gasteiger partial charge is 0.339 e. The van der Waals surface area contributed by atoms with Crippen molar-refractivity contribution in [2.75, 3.05) is 0 Å². The molecule has 1 radical (unpaired) electrons. The van der Waals surface area contributed by atoms with Crippen molar-refractivity contribution in [3.63, 3.8) is 0 Å². The molecule has 0 aliphatic rings. The molecule has 0 fully saturated rings. The Hall–Kier alpha value is 0.644. The Labute approximate surface area is 99.2 Å². The molecule has 1 nitrogen and oxygen atoms in total. The third kappa shape index (κ3) is 59.9. The molecule has 0 aliphatic heterocycles. The summed E-state index contributed by atoms with van der Waals surface area (Å²) >= 11 is 0. The maximum Gasteiger partial charge on any atom is 0 e. The molecule has 0 spiro atoms. The van der Waals surface area contributed by atoms with Gasteiger partial charge in [0.15, 0.2) is 0 Å². The Balaban J connectivity index is -0.0000000125. The first-order chi connectivity index (χ1) is 2.77. The van der Waals surface area contributed by atoms with Crippen LogP contribution < -0.4 is 0 Å². The van der Waals surface area contributed by atoms with Gasteiger partial charge in [-0.15, -0.1) is 0 Å². The smallest absolute Gasteiger partial charge is 0 e. The van der Waals surface area contributed by atoms with Crippen molar-refractivity contribution in [3.8, 4) is 0 Å². The van der Waals surface area contributed by atoms with Gasteiger partial charge in [-0.1, -0.05) is 43.1 Å². The summed E-state index contributed by atoms with van der Waals surface area (Å²) in [6, 6.07) is 0. The van der Waals surface area contributed by atoms with Crippen LogP contribution in [-0.2, 0) is 37.5 Å². The zero-order valence-electron chi connectivity index (χ0n) is 4.61. The van der Waals surface area contributed by atoms with E-state index in [9.17, 15) is 4.79 Å². The van der Waals surface area contributed by atoms with Crippen molar-refractivity contribution in [2.24, 2.45) is 0 Å². The predicted molar refractivity (Wildman–Crippen MR) is 52.2 cm³/mol. The van der Waals surface area contributed by atoms with Crippen LogP contribution in [-0.4, -0.2) is 5.78 Å². The third-order valence-electron chi connectivity index (χ3n) is 0.529. The molecule has 0 heterocycles. The Morgan fingerprint density at radius 1 is 1.18 bits per heavy atom. The van der Waals surface area contributed by atoms with Crippen molar-refractivity contribution >= 4 is 5.78 Å². The first-order valence-electron chi connectivity index (χ1n) is 2.12. The Kier molecular flexibility index (Phi) is 117. The molecule has 0 saturated carbocycles. The predicted octanol–water partition coefficient (Wildman–Crippen LogP) is 3.73. The van der Waals surface area contributed by atoms with Gasteiger partial charge in [0.25, 0.3) is 0 Å². The first-order valence-corrected chi connectivity index (χ1v) is 2.12. The minimum atomic E-state index is 0. The molecule has 0 amide bonds. The Morgan fingerprint density at radius 3 is 1.45 bits per heavy atom. The molecule has 2 heteroatoms.